The van der Waals surface area contributed by atoms with Gasteiger partial charge in [0.25, 0.3) is 0 Å². The van der Waals surface area contributed by atoms with Gasteiger partial charge in [0.2, 0.25) is 5.43 Å². The molecule has 0 aliphatic heterocycles. The third kappa shape index (κ3) is 3.65. The Morgan fingerprint density at radius 2 is 2.03 bits per heavy atom. The lowest BCUT2D eigenvalue weighted by molar-refractivity contribution is 0.144. The molecule has 0 saturated heterocycles. The second kappa shape index (κ2) is 7.32. The van der Waals surface area contributed by atoms with Crippen molar-refractivity contribution in [1.29, 1.82) is 0 Å². The summed E-state index contributed by atoms with van der Waals surface area (Å²) in [5, 5.41) is 12.3. The first-order valence-corrected chi connectivity index (χ1v) is 8.54. The summed E-state index contributed by atoms with van der Waals surface area (Å²) < 4.78 is 21.5. The molecule has 0 unspecified atom stereocenters. The van der Waals surface area contributed by atoms with E-state index in [-0.39, 0.29) is 11.0 Å². The van der Waals surface area contributed by atoms with Gasteiger partial charge in [0.1, 0.15) is 12.7 Å². The molecule has 4 rings (SSSR count). The predicted molar refractivity (Wildman–Crippen MR) is 100 cm³/mol. The highest BCUT2D eigenvalue weighted by Crippen LogP contribution is 2.23. The topological polar surface area (TPSA) is 112 Å². The first-order chi connectivity index (χ1) is 13.9. The molecule has 4 aromatic rings. The molecule has 0 aliphatic carbocycles. The van der Waals surface area contributed by atoms with E-state index in [4.69, 9.17) is 16.7 Å². The third-order valence-corrected chi connectivity index (χ3v) is 4.34. The van der Waals surface area contributed by atoms with Gasteiger partial charge < -0.3 is 9.84 Å². The minimum atomic E-state index is -1.67. The molecule has 0 radical (unpaired) electrons. The van der Waals surface area contributed by atoms with Gasteiger partial charge in [-0.3, -0.25) is 9.36 Å². The van der Waals surface area contributed by atoms with Crippen molar-refractivity contribution >= 4 is 28.8 Å². The van der Waals surface area contributed by atoms with Crippen LogP contribution >= 0.6 is 11.6 Å². The normalized spacial score (nSPS) is 11.0. The molecule has 29 heavy (non-hydrogen) atoms. The highest BCUT2D eigenvalue weighted by molar-refractivity contribution is 6.29. The molecule has 0 atom stereocenters. The van der Waals surface area contributed by atoms with Crippen molar-refractivity contribution < 1.29 is 19.0 Å². The number of pyridine rings is 2. The van der Waals surface area contributed by atoms with Crippen LogP contribution < -0.4 is 10.2 Å². The van der Waals surface area contributed by atoms with Crippen molar-refractivity contribution in [3.8, 4) is 11.4 Å². The number of aromatic nitrogens is 5. The van der Waals surface area contributed by atoms with Gasteiger partial charge in [0.05, 0.1) is 18.1 Å². The van der Waals surface area contributed by atoms with Crippen molar-refractivity contribution in [1.82, 2.24) is 24.3 Å². The maximum absolute atomic E-state index is 13.9. The summed E-state index contributed by atoms with van der Waals surface area (Å²) in [4.78, 5) is 31.2. The number of carbonyl (C=O) groups is 1. The lowest BCUT2D eigenvalue weighted by atomic mass is 10.2. The molecule has 11 heteroatoms. The van der Waals surface area contributed by atoms with Crippen LogP contribution in [0.2, 0.25) is 5.15 Å². The van der Waals surface area contributed by atoms with E-state index in [1.165, 1.54) is 17.1 Å². The van der Waals surface area contributed by atoms with E-state index in [2.05, 4.69) is 19.8 Å². The Kier molecular flexibility index (Phi) is 4.69. The van der Waals surface area contributed by atoms with Gasteiger partial charge in [-0.25, -0.2) is 23.8 Å². The van der Waals surface area contributed by atoms with Crippen molar-refractivity contribution in [3.05, 3.63) is 75.9 Å². The van der Waals surface area contributed by atoms with E-state index >= 15 is 0 Å². The monoisotopic (exact) mass is 415 g/mol. The molecular weight excluding hydrogens is 405 g/mol. The first-order valence-electron chi connectivity index (χ1n) is 8.16. The fourth-order valence-corrected chi connectivity index (χ4v) is 2.94. The Morgan fingerprint density at radius 1 is 1.28 bits per heavy atom. The van der Waals surface area contributed by atoms with E-state index in [9.17, 15) is 14.0 Å². The second-order valence-electron chi connectivity index (χ2n) is 5.95. The first kappa shape index (κ1) is 18.6. The Balaban J connectivity index is 1.85. The molecule has 0 saturated carbocycles. The largest absolute Gasteiger partial charge is 0.511 e. The Morgan fingerprint density at radius 3 is 2.69 bits per heavy atom. The number of ether oxygens (including phenoxy) is 1. The summed E-state index contributed by atoms with van der Waals surface area (Å²) in [6.07, 6.45) is 2.52. The fraction of sp³-hybridized carbons (Fsp3) is 0.0556. The highest BCUT2D eigenvalue weighted by atomic mass is 35.5. The minimum absolute atomic E-state index is 0.0585. The van der Waals surface area contributed by atoms with Crippen molar-refractivity contribution in [3.63, 3.8) is 0 Å². The minimum Gasteiger partial charge on any atom is -0.449 e. The van der Waals surface area contributed by atoms with Gasteiger partial charge in [0, 0.05) is 5.69 Å². The van der Waals surface area contributed by atoms with Crippen LogP contribution in [0.15, 0.2) is 54.0 Å². The summed E-state index contributed by atoms with van der Waals surface area (Å²) in [7, 11) is 0. The molecule has 146 valence electrons. The lowest BCUT2D eigenvalue weighted by Gasteiger charge is -2.13. The van der Waals surface area contributed by atoms with E-state index in [0.29, 0.717) is 12.2 Å². The molecule has 1 N–H and O–H groups in total. The van der Waals surface area contributed by atoms with Gasteiger partial charge in [0.15, 0.2) is 22.4 Å². The Bertz CT molecular complexity index is 1270. The zero-order valence-corrected chi connectivity index (χ0v) is 15.2. The van der Waals surface area contributed by atoms with Crippen LogP contribution in [-0.4, -0.2) is 35.6 Å². The summed E-state index contributed by atoms with van der Waals surface area (Å²) >= 11 is 5.79. The molecule has 0 aliphatic rings. The molecule has 1 aromatic carbocycles. The second-order valence-corrected chi connectivity index (χ2v) is 6.31. The summed E-state index contributed by atoms with van der Waals surface area (Å²) in [5.74, 6) is -1.39. The maximum Gasteiger partial charge on any atom is 0.511 e. The molecular formula is C18H11ClFN5O4. The number of rotatable bonds is 4. The van der Waals surface area contributed by atoms with E-state index < -0.39 is 28.3 Å². The smallest absolute Gasteiger partial charge is 0.449 e. The van der Waals surface area contributed by atoms with Crippen LogP contribution in [0.3, 0.4) is 0 Å². The van der Waals surface area contributed by atoms with Crippen molar-refractivity contribution in [2.45, 2.75) is 6.54 Å². The zero-order valence-electron chi connectivity index (χ0n) is 14.5. The standard InChI is InChI=1S/C18H11ClFN5O4/c19-16-13(20)5-12-15(26)14(29-18(27)28)7-25(17(12)23-16)11-3-1-10(2-4-11)6-24-9-21-8-22-24/h1-5,7-9H,6H2,(H,27,28). The average molecular weight is 416 g/mol. The van der Waals surface area contributed by atoms with Gasteiger partial charge >= 0.3 is 6.16 Å². The fourth-order valence-electron chi connectivity index (χ4n) is 2.80. The lowest BCUT2D eigenvalue weighted by Crippen LogP contribution is -2.17. The summed E-state index contributed by atoms with van der Waals surface area (Å²) in [6.45, 7) is 0.494. The zero-order chi connectivity index (χ0) is 20.5. The van der Waals surface area contributed by atoms with Crippen LogP contribution in [0.4, 0.5) is 9.18 Å². The Labute approximate surface area is 166 Å². The van der Waals surface area contributed by atoms with Crippen LogP contribution in [0.25, 0.3) is 16.7 Å². The van der Waals surface area contributed by atoms with Crippen molar-refractivity contribution in [2.24, 2.45) is 0 Å². The van der Waals surface area contributed by atoms with Crippen LogP contribution in [0.5, 0.6) is 5.75 Å². The molecule has 3 heterocycles. The van der Waals surface area contributed by atoms with Gasteiger partial charge in [-0.15, -0.1) is 0 Å². The van der Waals surface area contributed by atoms with Crippen LogP contribution in [-0.2, 0) is 6.54 Å². The average Bonchev–Trinajstić information content (AvgIpc) is 3.19. The summed E-state index contributed by atoms with van der Waals surface area (Å²) in [5.41, 5.74) is 0.694. The SMILES string of the molecule is O=C(O)Oc1cn(-c2ccc(Cn3cncn3)cc2)c2nc(Cl)c(F)cc2c1=O. The van der Waals surface area contributed by atoms with Gasteiger partial charge in [-0.1, -0.05) is 23.7 Å². The molecule has 0 spiro atoms. The molecule has 0 amide bonds. The predicted octanol–water partition coefficient (Wildman–Crippen LogP) is 2.87. The van der Waals surface area contributed by atoms with Gasteiger partial charge in [-0.05, 0) is 23.8 Å². The summed E-state index contributed by atoms with van der Waals surface area (Å²) in [6, 6.07) is 7.96. The number of hydrogen-bond acceptors (Lipinski definition) is 6. The molecule has 0 fully saturated rings. The molecule has 0 bridgehead atoms. The quantitative estimate of drug-likeness (QED) is 0.403. The number of fused-ring (bicyclic) bond motifs is 1. The van der Waals surface area contributed by atoms with Gasteiger partial charge in [-0.2, -0.15) is 5.10 Å². The third-order valence-electron chi connectivity index (χ3n) is 4.08. The highest BCUT2D eigenvalue weighted by Gasteiger charge is 2.17. The maximum atomic E-state index is 13.9. The van der Waals surface area contributed by atoms with Crippen LogP contribution in [0.1, 0.15) is 5.56 Å². The van der Waals surface area contributed by atoms with E-state index in [0.717, 1.165) is 11.6 Å². The molecule has 9 nitrogen and oxygen atoms in total. The van der Waals surface area contributed by atoms with E-state index in [1.54, 1.807) is 23.1 Å². The van der Waals surface area contributed by atoms with Crippen molar-refractivity contribution in [2.75, 3.05) is 0 Å². The number of hydrogen-bond donors (Lipinski definition) is 1. The number of benzene rings is 1. The van der Waals surface area contributed by atoms with Crippen LogP contribution in [0, 0.1) is 5.82 Å². The molecule has 3 aromatic heterocycles. The van der Waals surface area contributed by atoms with E-state index in [1.807, 2.05) is 12.1 Å². The number of halogens is 2. The number of carboxylic acid groups (broad SMARTS) is 1. The Hall–Kier alpha value is -3.79. The number of nitrogens with zero attached hydrogens (tertiary/aromatic N) is 5.